The van der Waals surface area contributed by atoms with Crippen molar-refractivity contribution in [3.63, 3.8) is 0 Å². The van der Waals surface area contributed by atoms with Crippen molar-refractivity contribution in [1.82, 2.24) is 5.32 Å². The maximum absolute atomic E-state index is 12.4. The summed E-state index contributed by atoms with van der Waals surface area (Å²) in [5.74, 6) is -1.02. The van der Waals surface area contributed by atoms with E-state index >= 15 is 0 Å². The van der Waals surface area contributed by atoms with Gasteiger partial charge < -0.3 is 10.4 Å². The van der Waals surface area contributed by atoms with Gasteiger partial charge in [-0.05, 0) is 31.7 Å². The molecule has 0 fully saturated rings. The Morgan fingerprint density at radius 3 is 2.00 bits per heavy atom. The molecule has 2 N–H and O–H groups in total. The SMILES string of the molecule is CNC(C)(CC(=O)O)c1ccc(C(F)(F)F)cc1. The largest absolute Gasteiger partial charge is 0.481 e. The van der Waals surface area contributed by atoms with Crippen molar-refractivity contribution in [1.29, 1.82) is 0 Å². The number of carboxylic acid groups (broad SMARTS) is 1. The molecule has 1 aromatic rings. The molecule has 3 nitrogen and oxygen atoms in total. The Morgan fingerprint density at radius 2 is 1.67 bits per heavy atom. The highest BCUT2D eigenvalue weighted by atomic mass is 19.4. The molecule has 0 radical (unpaired) electrons. The van der Waals surface area contributed by atoms with Crippen molar-refractivity contribution < 1.29 is 23.1 Å². The predicted molar refractivity (Wildman–Crippen MR) is 60.1 cm³/mol. The average Bonchev–Trinajstić information content (AvgIpc) is 2.27. The van der Waals surface area contributed by atoms with E-state index in [9.17, 15) is 18.0 Å². The second-order valence-electron chi connectivity index (χ2n) is 4.23. The number of hydrogen-bond acceptors (Lipinski definition) is 2. The van der Waals surface area contributed by atoms with Crippen LogP contribution in [0.4, 0.5) is 13.2 Å². The Morgan fingerprint density at radius 1 is 1.22 bits per heavy atom. The Hall–Kier alpha value is -1.56. The Balaban J connectivity index is 3.06. The Kier molecular flexibility index (Phi) is 4.01. The molecule has 100 valence electrons. The summed E-state index contributed by atoms with van der Waals surface area (Å²) in [6, 6.07) is 4.49. The molecule has 0 aromatic heterocycles. The number of nitrogens with one attached hydrogen (secondary N) is 1. The first kappa shape index (κ1) is 14.5. The molecule has 0 aliphatic rings. The lowest BCUT2D eigenvalue weighted by Crippen LogP contribution is -2.39. The first-order valence-electron chi connectivity index (χ1n) is 5.27. The number of rotatable bonds is 4. The van der Waals surface area contributed by atoms with Crippen LogP contribution in [0.5, 0.6) is 0 Å². The zero-order valence-corrected chi connectivity index (χ0v) is 10.0. The van der Waals surface area contributed by atoms with Crippen molar-refractivity contribution in [3.8, 4) is 0 Å². The highest BCUT2D eigenvalue weighted by Crippen LogP contribution is 2.31. The third-order valence-corrected chi connectivity index (χ3v) is 2.91. The van der Waals surface area contributed by atoms with Crippen LogP contribution in [0.1, 0.15) is 24.5 Å². The smallest absolute Gasteiger partial charge is 0.416 e. The van der Waals surface area contributed by atoms with Crippen LogP contribution >= 0.6 is 0 Å². The molecule has 0 bridgehead atoms. The van der Waals surface area contributed by atoms with Crippen molar-refractivity contribution >= 4 is 5.97 Å². The summed E-state index contributed by atoms with van der Waals surface area (Å²) in [4.78, 5) is 10.8. The molecular formula is C12H14F3NO2. The molecule has 0 amide bonds. The molecule has 0 aliphatic carbocycles. The van der Waals surface area contributed by atoms with Crippen molar-refractivity contribution in [2.45, 2.75) is 25.1 Å². The van der Waals surface area contributed by atoms with Gasteiger partial charge in [-0.25, -0.2) is 0 Å². The highest BCUT2D eigenvalue weighted by Gasteiger charge is 2.32. The third kappa shape index (κ3) is 3.22. The van der Waals surface area contributed by atoms with Gasteiger partial charge in [-0.2, -0.15) is 13.2 Å². The van der Waals surface area contributed by atoms with Crippen LogP contribution in [-0.2, 0) is 16.5 Å². The number of carbonyl (C=O) groups is 1. The molecule has 6 heteroatoms. The maximum atomic E-state index is 12.4. The molecule has 0 saturated heterocycles. The fourth-order valence-corrected chi connectivity index (χ4v) is 1.66. The fraction of sp³-hybridized carbons (Fsp3) is 0.417. The molecule has 0 spiro atoms. The summed E-state index contributed by atoms with van der Waals surface area (Å²) >= 11 is 0. The van der Waals surface area contributed by atoms with Gasteiger partial charge in [0.05, 0.1) is 17.5 Å². The van der Waals surface area contributed by atoms with Gasteiger partial charge in [0.15, 0.2) is 0 Å². The number of halogens is 3. The monoisotopic (exact) mass is 261 g/mol. The molecule has 1 rings (SSSR count). The van der Waals surface area contributed by atoms with Crippen LogP contribution in [0.3, 0.4) is 0 Å². The van der Waals surface area contributed by atoms with Gasteiger partial charge in [0.1, 0.15) is 0 Å². The summed E-state index contributed by atoms with van der Waals surface area (Å²) in [5.41, 5.74) is -1.14. The van der Waals surface area contributed by atoms with E-state index in [0.717, 1.165) is 12.1 Å². The molecule has 0 heterocycles. The second kappa shape index (κ2) is 4.97. The van der Waals surface area contributed by atoms with Gasteiger partial charge >= 0.3 is 12.1 Å². The van der Waals surface area contributed by atoms with Gasteiger partial charge in [0.25, 0.3) is 0 Å². The third-order valence-electron chi connectivity index (χ3n) is 2.91. The van der Waals surface area contributed by atoms with Gasteiger partial charge in [-0.3, -0.25) is 4.79 Å². The molecule has 18 heavy (non-hydrogen) atoms. The van der Waals surface area contributed by atoms with Crippen molar-refractivity contribution in [2.75, 3.05) is 7.05 Å². The molecular weight excluding hydrogens is 247 g/mol. The van der Waals surface area contributed by atoms with E-state index in [0.29, 0.717) is 5.56 Å². The van der Waals surface area contributed by atoms with Crippen LogP contribution in [0, 0.1) is 0 Å². The average molecular weight is 261 g/mol. The minimum atomic E-state index is -4.39. The zero-order chi connectivity index (χ0) is 14.0. The fourth-order valence-electron chi connectivity index (χ4n) is 1.66. The Bertz CT molecular complexity index is 428. The van der Waals surface area contributed by atoms with Gasteiger partial charge in [0.2, 0.25) is 0 Å². The normalized spacial score (nSPS) is 15.2. The minimum Gasteiger partial charge on any atom is -0.481 e. The minimum absolute atomic E-state index is 0.213. The van der Waals surface area contributed by atoms with E-state index in [1.807, 2.05) is 0 Å². The van der Waals surface area contributed by atoms with E-state index in [1.165, 1.54) is 12.1 Å². The zero-order valence-electron chi connectivity index (χ0n) is 10.0. The lowest BCUT2D eigenvalue weighted by atomic mass is 9.88. The van der Waals surface area contributed by atoms with Crippen LogP contribution < -0.4 is 5.32 Å². The molecule has 1 aromatic carbocycles. The second-order valence-corrected chi connectivity index (χ2v) is 4.23. The van der Waals surface area contributed by atoms with E-state index in [-0.39, 0.29) is 6.42 Å². The standard InChI is InChI=1S/C12H14F3NO2/c1-11(16-2,7-10(17)18)8-3-5-9(6-4-8)12(13,14)15/h3-6,16H,7H2,1-2H3,(H,17,18). The van der Waals surface area contributed by atoms with E-state index in [4.69, 9.17) is 5.11 Å². The van der Waals surface area contributed by atoms with Crippen LogP contribution in [-0.4, -0.2) is 18.1 Å². The lowest BCUT2D eigenvalue weighted by molar-refractivity contribution is -0.139. The number of carboxylic acids is 1. The molecule has 0 saturated carbocycles. The van der Waals surface area contributed by atoms with Gasteiger partial charge in [0, 0.05) is 0 Å². The highest BCUT2D eigenvalue weighted by molar-refractivity contribution is 5.68. The summed E-state index contributed by atoms with van der Waals surface area (Å²) in [7, 11) is 1.57. The van der Waals surface area contributed by atoms with E-state index < -0.39 is 23.2 Å². The number of alkyl halides is 3. The number of hydrogen-bond donors (Lipinski definition) is 2. The summed E-state index contributed by atoms with van der Waals surface area (Å²) < 4.78 is 37.2. The topological polar surface area (TPSA) is 49.3 Å². The maximum Gasteiger partial charge on any atom is 0.416 e. The predicted octanol–water partition coefficient (Wildman–Crippen LogP) is 2.61. The summed E-state index contributed by atoms with van der Waals surface area (Å²) in [6.45, 7) is 1.63. The van der Waals surface area contributed by atoms with Crippen LogP contribution in [0.25, 0.3) is 0 Å². The summed E-state index contributed by atoms with van der Waals surface area (Å²) in [6.07, 6.45) is -4.60. The molecule has 0 aliphatic heterocycles. The molecule has 1 atom stereocenters. The first-order chi connectivity index (χ1) is 8.19. The first-order valence-corrected chi connectivity index (χ1v) is 5.27. The van der Waals surface area contributed by atoms with Crippen molar-refractivity contribution in [2.24, 2.45) is 0 Å². The number of benzene rings is 1. The quantitative estimate of drug-likeness (QED) is 0.876. The number of aliphatic carboxylic acids is 1. The van der Waals surface area contributed by atoms with E-state index in [2.05, 4.69) is 5.32 Å². The summed E-state index contributed by atoms with van der Waals surface area (Å²) in [5, 5.41) is 11.6. The van der Waals surface area contributed by atoms with Gasteiger partial charge in [-0.15, -0.1) is 0 Å². The van der Waals surface area contributed by atoms with Gasteiger partial charge in [-0.1, -0.05) is 12.1 Å². The van der Waals surface area contributed by atoms with Crippen LogP contribution in [0.2, 0.25) is 0 Å². The van der Waals surface area contributed by atoms with Crippen molar-refractivity contribution in [3.05, 3.63) is 35.4 Å². The molecule has 1 unspecified atom stereocenters. The van der Waals surface area contributed by atoms with Crippen LogP contribution in [0.15, 0.2) is 24.3 Å². The van der Waals surface area contributed by atoms with E-state index in [1.54, 1.807) is 14.0 Å². The lowest BCUT2D eigenvalue weighted by Gasteiger charge is -2.28. The Labute approximate surface area is 103 Å².